The van der Waals surface area contributed by atoms with Crippen molar-refractivity contribution in [3.63, 3.8) is 0 Å². The van der Waals surface area contributed by atoms with Crippen LogP contribution in [0.15, 0.2) is 24.5 Å². The minimum Gasteiger partial charge on any atom is -0.365 e. The highest BCUT2D eigenvalue weighted by Crippen LogP contribution is 2.21. The summed E-state index contributed by atoms with van der Waals surface area (Å²) in [5.74, 6) is 1.26. The van der Waals surface area contributed by atoms with E-state index in [0.717, 1.165) is 43.8 Å². The number of hydrogen-bond acceptors (Lipinski definition) is 6. The zero-order valence-electron chi connectivity index (χ0n) is 12.8. The van der Waals surface area contributed by atoms with Crippen molar-refractivity contribution in [2.45, 2.75) is 32.2 Å². The first-order chi connectivity index (χ1) is 11.1. The smallest absolute Gasteiger partial charge is 0.280 e. The zero-order valence-corrected chi connectivity index (χ0v) is 12.8. The fourth-order valence-electron chi connectivity index (χ4n) is 2.64. The number of halogens is 2. The lowest BCUT2D eigenvalue weighted by Gasteiger charge is -2.33. The second kappa shape index (κ2) is 6.80. The van der Waals surface area contributed by atoms with Crippen LogP contribution in [0.2, 0.25) is 0 Å². The van der Waals surface area contributed by atoms with Crippen molar-refractivity contribution in [2.75, 3.05) is 23.3 Å². The maximum atomic E-state index is 12.7. The number of aromatic nitrogens is 4. The molecule has 122 valence electrons. The van der Waals surface area contributed by atoms with Gasteiger partial charge in [0.1, 0.15) is 17.8 Å². The van der Waals surface area contributed by atoms with E-state index in [1.165, 1.54) is 6.07 Å². The van der Waals surface area contributed by atoms with Crippen molar-refractivity contribution < 1.29 is 8.78 Å². The van der Waals surface area contributed by atoms with E-state index in [9.17, 15) is 8.78 Å². The Morgan fingerprint density at radius 2 is 2.13 bits per heavy atom. The van der Waals surface area contributed by atoms with Crippen LogP contribution < -0.4 is 10.2 Å². The van der Waals surface area contributed by atoms with Gasteiger partial charge in [-0.2, -0.15) is 5.10 Å². The van der Waals surface area contributed by atoms with Gasteiger partial charge >= 0.3 is 0 Å². The fourth-order valence-corrected chi connectivity index (χ4v) is 2.64. The van der Waals surface area contributed by atoms with Gasteiger partial charge in [0.15, 0.2) is 5.82 Å². The predicted molar refractivity (Wildman–Crippen MR) is 82.6 cm³/mol. The number of nitrogens with one attached hydrogen (secondary N) is 1. The summed E-state index contributed by atoms with van der Waals surface area (Å²) in [5, 5.41) is 11.5. The molecule has 2 aromatic heterocycles. The van der Waals surface area contributed by atoms with Crippen molar-refractivity contribution in [3.05, 3.63) is 35.9 Å². The van der Waals surface area contributed by atoms with Gasteiger partial charge in [0, 0.05) is 25.2 Å². The van der Waals surface area contributed by atoms with E-state index in [2.05, 4.69) is 30.4 Å². The van der Waals surface area contributed by atoms with Crippen LogP contribution >= 0.6 is 0 Å². The summed E-state index contributed by atoms with van der Waals surface area (Å²) in [7, 11) is 0. The van der Waals surface area contributed by atoms with Gasteiger partial charge in [-0.1, -0.05) is 0 Å². The first kappa shape index (κ1) is 15.5. The van der Waals surface area contributed by atoms with E-state index in [0.29, 0.717) is 5.82 Å². The van der Waals surface area contributed by atoms with Crippen LogP contribution in [0.1, 0.15) is 30.7 Å². The molecule has 0 radical (unpaired) electrons. The minimum atomic E-state index is -2.59. The number of piperidine rings is 1. The zero-order chi connectivity index (χ0) is 16.2. The quantitative estimate of drug-likeness (QED) is 0.934. The standard InChI is InChI=1S/C15H18F2N6/c1-10-4-5-14(22-21-10)23-6-2-3-11(8-23)20-13-7-12(15(16)17)18-9-19-13/h4-5,7,9,11,15H,2-3,6,8H2,1H3,(H,18,19,20). The normalized spacial score (nSPS) is 18.3. The molecule has 1 unspecified atom stereocenters. The van der Waals surface area contributed by atoms with Crippen molar-refractivity contribution >= 4 is 11.6 Å². The average molecular weight is 320 g/mol. The molecule has 1 fully saturated rings. The Balaban J connectivity index is 1.67. The lowest BCUT2D eigenvalue weighted by Crippen LogP contribution is -2.42. The number of hydrogen-bond donors (Lipinski definition) is 1. The molecular formula is C15H18F2N6. The monoisotopic (exact) mass is 320 g/mol. The van der Waals surface area contributed by atoms with Crippen LogP contribution in [0.4, 0.5) is 20.4 Å². The van der Waals surface area contributed by atoms with Gasteiger partial charge in [0.05, 0.1) is 5.69 Å². The van der Waals surface area contributed by atoms with E-state index in [4.69, 9.17) is 0 Å². The SMILES string of the molecule is Cc1ccc(N2CCCC(Nc3cc(C(F)F)ncn3)C2)nn1. The summed E-state index contributed by atoms with van der Waals surface area (Å²) in [6, 6.07) is 5.30. The van der Waals surface area contributed by atoms with Crippen molar-refractivity contribution in [1.29, 1.82) is 0 Å². The first-order valence-electron chi connectivity index (χ1n) is 7.54. The van der Waals surface area contributed by atoms with E-state index < -0.39 is 6.43 Å². The molecule has 1 atom stereocenters. The Bertz CT molecular complexity index is 649. The van der Waals surface area contributed by atoms with Crippen LogP contribution in [-0.2, 0) is 0 Å². The van der Waals surface area contributed by atoms with Crippen LogP contribution in [0.5, 0.6) is 0 Å². The molecule has 1 aliphatic rings. The molecule has 0 saturated carbocycles. The molecule has 1 N–H and O–H groups in total. The molecule has 2 aromatic rings. The number of aryl methyl sites for hydroxylation is 1. The predicted octanol–water partition coefficient (Wildman–Crippen LogP) is 2.59. The van der Waals surface area contributed by atoms with E-state index in [1.807, 2.05) is 19.1 Å². The summed E-state index contributed by atoms with van der Waals surface area (Å²) in [6.45, 7) is 3.53. The Kier molecular flexibility index (Phi) is 4.59. The topological polar surface area (TPSA) is 66.8 Å². The molecule has 0 spiro atoms. The molecule has 0 bridgehead atoms. The summed E-state index contributed by atoms with van der Waals surface area (Å²) in [6.07, 6.45) is 0.504. The second-order valence-electron chi connectivity index (χ2n) is 5.59. The maximum absolute atomic E-state index is 12.7. The summed E-state index contributed by atoms with van der Waals surface area (Å²) in [5.41, 5.74) is 0.612. The van der Waals surface area contributed by atoms with Gasteiger partial charge in [0.25, 0.3) is 6.43 Å². The van der Waals surface area contributed by atoms with Gasteiger partial charge in [-0.3, -0.25) is 0 Å². The average Bonchev–Trinajstić information content (AvgIpc) is 2.56. The molecule has 0 aromatic carbocycles. The molecule has 0 amide bonds. The third kappa shape index (κ3) is 3.88. The fraction of sp³-hybridized carbons (Fsp3) is 0.467. The summed E-state index contributed by atoms with van der Waals surface area (Å²) in [4.78, 5) is 9.74. The Morgan fingerprint density at radius 1 is 1.26 bits per heavy atom. The van der Waals surface area contributed by atoms with Crippen LogP contribution in [0.25, 0.3) is 0 Å². The van der Waals surface area contributed by atoms with Crippen LogP contribution in [-0.4, -0.2) is 39.3 Å². The Morgan fingerprint density at radius 3 is 2.87 bits per heavy atom. The highest BCUT2D eigenvalue weighted by Gasteiger charge is 2.22. The number of alkyl halides is 2. The largest absolute Gasteiger partial charge is 0.365 e. The lowest BCUT2D eigenvalue weighted by molar-refractivity contribution is 0.146. The van der Waals surface area contributed by atoms with E-state index in [-0.39, 0.29) is 11.7 Å². The molecule has 23 heavy (non-hydrogen) atoms. The Hall–Kier alpha value is -2.38. The second-order valence-corrected chi connectivity index (χ2v) is 5.59. The molecule has 6 nitrogen and oxygen atoms in total. The molecule has 3 heterocycles. The highest BCUT2D eigenvalue weighted by molar-refractivity contribution is 5.41. The van der Waals surface area contributed by atoms with Gasteiger partial charge in [-0.05, 0) is 31.9 Å². The lowest BCUT2D eigenvalue weighted by atomic mass is 10.1. The van der Waals surface area contributed by atoms with Crippen molar-refractivity contribution in [3.8, 4) is 0 Å². The number of nitrogens with zero attached hydrogens (tertiary/aromatic N) is 5. The van der Waals surface area contributed by atoms with Crippen LogP contribution in [0, 0.1) is 6.92 Å². The summed E-state index contributed by atoms with van der Waals surface area (Å²) < 4.78 is 25.4. The molecule has 8 heteroatoms. The molecule has 3 rings (SSSR count). The third-order valence-corrected chi connectivity index (χ3v) is 3.79. The van der Waals surface area contributed by atoms with Gasteiger partial charge < -0.3 is 10.2 Å². The van der Waals surface area contributed by atoms with Gasteiger partial charge in [-0.25, -0.2) is 18.7 Å². The highest BCUT2D eigenvalue weighted by atomic mass is 19.3. The number of rotatable bonds is 4. The molecular weight excluding hydrogens is 302 g/mol. The summed E-state index contributed by atoms with van der Waals surface area (Å²) >= 11 is 0. The first-order valence-corrected chi connectivity index (χ1v) is 7.54. The van der Waals surface area contributed by atoms with Crippen molar-refractivity contribution in [1.82, 2.24) is 20.2 Å². The number of anilines is 2. The molecule has 1 saturated heterocycles. The molecule has 0 aliphatic carbocycles. The van der Waals surface area contributed by atoms with Crippen molar-refractivity contribution in [2.24, 2.45) is 0 Å². The van der Waals surface area contributed by atoms with E-state index in [1.54, 1.807) is 0 Å². The van der Waals surface area contributed by atoms with Crippen LogP contribution in [0.3, 0.4) is 0 Å². The Labute approximate surface area is 133 Å². The van der Waals surface area contributed by atoms with Gasteiger partial charge in [0.2, 0.25) is 0 Å². The van der Waals surface area contributed by atoms with E-state index >= 15 is 0 Å². The van der Waals surface area contributed by atoms with Gasteiger partial charge in [-0.15, -0.1) is 5.10 Å². The maximum Gasteiger partial charge on any atom is 0.280 e. The minimum absolute atomic E-state index is 0.118. The molecule has 1 aliphatic heterocycles. The third-order valence-electron chi connectivity index (χ3n) is 3.79.